The lowest BCUT2D eigenvalue weighted by atomic mass is 9.96. The van der Waals surface area contributed by atoms with Gasteiger partial charge in [0.25, 0.3) is 0 Å². The standard InChI is InChI=1S/C12H17NO/c1-12(14-2)9-13(10-12)8-11-6-4-3-5-7-11/h3-7H,8-10H2,1-2H3. The van der Waals surface area contributed by atoms with Crippen molar-refractivity contribution in [1.29, 1.82) is 0 Å². The van der Waals surface area contributed by atoms with E-state index in [1.807, 2.05) is 0 Å². The Balaban J connectivity index is 1.85. The highest BCUT2D eigenvalue weighted by Gasteiger charge is 2.38. The van der Waals surface area contributed by atoms with Gasteiger partial charge in [0, 0.05) is 26.7 Å². The van der Waals surface area contributed by atoms with Gasteiger partial charge in [0.1, 0.15) is 0 Å². The van der Waals surface area contributed by atoms with Crippen molar-refractivity contribution in [2.75, 3.05) is 20.2 Å². The second-order valence-corrected chi connectivity index (χ2v) is 4.28. The number of ether oxygens (including phenoxy) is 1. The van der Waals surface area contributed by atoms with Crippen LogP contribution in [0.3, 0.4) is 0 Å². The molecule has 0 radical (unpaired) electrons. The second kappa shape index (κ2) is 3.71. The second-order valence-electron chi connectivity index (χ2n) is 4.28. The lowest BCUT2D eigenvalue weighted by Crippen LogP contribution is -2.60. The topological polar surface area (TPSA) is 12.5 Å². The van der Waals surface area contributed by atoms with Gasteiger partial charge in [-0.2, -0.15) is 0 Å². The summed E-state index contributed by atoms with van der Waals surface area (Å²) in [5, 5.41) is 0. The molecule has 2 heteroatoms. The van der Waals surface area contributed by atoms with Crippen molar-refractivity contribution in [1.82, 2.24) is 4.90 Å². The van der Waals surface area contributed by atoms with Crippen molar-refractivity contribution < 1.29 is 4.74 Å². The summed E-state index contributed by atoms with van der Waals surface area (Å²) in [6.45, 7) is 5.28. The van der Waals surface area contributed by atoms with E-state index < -0.39 is 0 Å². The van der Waals surface area contributed by atoms with Gasteiger partial charge in [-0.1, -0.05) is 30.3 Å². The van der Waals surface area contributed by atoms with Gasteiger partial charge in [0.05, 0.1) is 5.60 Å². The molecule has 1 heterocycles. The molecule has 0 unspecified atom stereocenters. The van der Waals surface area contributed by atoms with Gasteiger partial charge in [-0.3, -0.25) is 4.90 Å². The molecule has 2 rings (SSSR count). The first kappa shape index (κ1) is 9.69. The van der Waals surface area contributed by atoms with E-state index in [0.29, 0.717) is 0 Å². The average Bonchev–Trinajstić information content (AvgIpc) is 2.17. The third-order valence-corrected chi connectivity index (χ3v) is 2.86. The molecule has 1 aromatic carbocycles. The van der Waals surface area contributed by atoms with Crippen LogP contribution in [0.5, 0.6) is 0 Å². The van der Waals surface area contributed by atoms with E-state index in [4.69, 9.17) is 4.74 Å². The van der Waals surface area contributed by atoms with Crippen molar-refractivity contribution >= 4 is 0 Å². The maximum absolute atomic E-state index is 5.40. The zero-order chi connectivity index (χ0) is 10.0. The largest absolute Gasteiger partial charge is 0.376 e. The summed E-state index contributed by atoms with van der Waals surface area (Å²) in [7, 11) is 1.79. The molecule has 0 amide bonds. The summed E-state index contributed by atoms with van der Waals surface area (Å²) in [6, 6.07) is 10.6. The molecule has 0 atom stereocenters. The minimum atomic E-state index is 0.0920. The average molecular weight is 191 g/mol. The first-order valence-corrected chi connectivity index (χ1v) is 5.03. The number of hydrogen-bond acceptors (Lipinski definition) is 2. The van der Waals surface area contributed by atoms with E-state index in [0.717, 1.165) is 19.6 Å². The zero-order valence-electron chi connectivity index (χ0n) is 8.86. The Kier molecular flexibility index (Phi) is 2.57. The molecule has 2 nitrogen and oxygen atoms in total. The summed E-state index contributed by atoms with van der Waals surface area (Å²) < 4.78 is 5.40. The maximum Gasteiger partial charge on any atom is 0.0903 e. The predicted octanol–water partition coefficient (Wildman–Crippen LogP) is 1.91. The van der Waals surface area contributed by atoms with Gasteiger partial charge in [-0.25, -0.2) is 0 Å². The highest BCUT2D eigenvalue weighted by atomic mass is 16.5. The number of benzene rings is 1. The highest BCUT2D eigenvalue weighted by Crippen LogP contribution is 2.25. The molecular formula is C12H17NO. The van der Waals surface area contributed by atoms with Crippen LogP contribution in [0.15, 0.2) is 30.3 Å². The maximum atomic E-state index is 5.40. The van der Waals surface area contributed by atoms with Crippen LogP contribution in [-0.4, -0.2) is 30.7 Å². The summed E-state index contributed by atoms with van der Waals surface area (Å²) in [5.74, 6) is 0. The quantitative estimate of drug-likeness (QED) is 0.723. The van der Waals surface area contributed by atoms with Crippen molar-refractivity contribution in [2.24, 2.45) is 0 Å². The monoisotopic (exact) mass is 191 g/mol. The van der Waals surface area contributed by atoms with Crippen LogP contribution >= 0.6 is 0 Å². The van der Waals surface area contributed by atoms with E-state index in [-0.39, 0.29) is 5.60 Å². The minimum Gasteiger partial charge on any atom is -0.376 e. The number of rotatable bonds is 3. The van der Waals surface area contributed by atoms with E-state index >= 15 is 0 Å². The van der Waals surface area contributed by atoms with Gasteiger partial charge in [-0.15, -0.1) is 0 Å². The summed E-state index contributed by atoms with van der Waals surface area (Å²) in [5.41, 5.74) is 1.47. The van der Waals surface area contributed by atoms with Crippen LogP contribution < -0.4 is 0 Å². The molecule has 0 aromatic heterocycles. The van der Waals surface area contributed by atoms with Crippen molar-refractivity contribution in [3.63, 3.8) is 0 Å². The first-order valence-electron chi connectivity index (χ1n) is 5.03. The fraction of sp³-hybridized carbons (Fsp3) is 0.500. The SMILES string of the molecule is COC1(C)CN(Cc2ccccc2)C1. The third-order valence-electron chi connectivity index (χ3n) is 2.86. The molecule has 0 bridgehead atoms. The fourth-order valence-electron chi connectivity index (χ4n) is 1.98. The van der Waals surface area contributed by atoms with E-state index in [9.17, 15) is 0 Å². The Labute approximate surface area is 85.5 Å². The van der Waals surface area contributed by atoms with Crippen molar-refractivity contribution in [3.05, 3.63) is 35.9 Å². The van der Waals surface area contributed by atoms with E-state index in [2.05, 4.69) is 42.2 Å². The van der Waals surface area contributed by atoms with Gasteiger partial charge >= 0.3 is 0 Å². The number of methoxy groups -OCH3 is 1. The Hall–Kier alpha value is -0.860. The minimum absolute atomic E-state index is 0.0920. The third kappa shape index (κ3) is 1.97. The molecule has 1 aromatic rings. The Morgan fingerprint density at radius 2 is 1.93 bits per heavy atom. The van der Waals surface area contributed by atoms with E-state index in [1.165, 1.54) is 5.56 Å². The number of likely N-dealkylation sites (tertiary alicyclic amines) is 1. The smallest absolute Gasteiger partial charge is 0.0903 e. The zero-order valence-corrected chi connectivity index (χ0v) is 8.86. The number of nitrogens with zero attached hydrogens (tertiary/aromatic N) is 1. The summed E-state index contributed by atoms with van der Waals surface area (Å²) in [4.78, 5) is 2.40. The van der Waals surface area contributed by atoms with Gasteiger partial charge in [0.15, 0.2) is 0 Å². The molecule has 1 aliphatic rings. The predicted molar refractivity (Wildman–Crippen MR) is 57.1 cm³/mol. The molecule has 0 aliphatic carbocycles. The normalized spacial score (nSPS) is 20.4. The van der Waals surface area contributed by atoms with Crippen molar-refractivity contribution in [2.45, 2.75) is 19.1 Å². The molecule has 1 fully saturated rings. The lowest BCUT2D eigenvalue weighted by molar-refractivity contribution is -0.114. The lowest BCUT2D eigenvalue weighted by Gasteiger charge is -2.46. The van der Waals surface area contributed by atoms with E-state index in [1.54, 1.807) is 7.11 Å². The molecular weight excluding hydrogens is 174 g/mol. The van der Waals surface area contributed by atoms with Gasteiger partial charge < -0.3 is 4.74 Å². The summed E-state index contributed by atoms with van der Waals surface area (Å²) >= 11 is 0. The molecule has 0 N–H and O–H groups in total. The summed E-state index contributed by atoms with van der Waals surface area (Å²) in [6.07, 6.45) is 0. The first-order chi connectivity index (χ1) is 6.72. The molecule has 1 aliphatic heterocycles. The molecule has 0 saturated carbocycles. The number of hydrogen-bond donors (Lipinski definition) is 0. The van der Waals surface area contributed by atoms with Crippen LogP contribution in [0.25, 0.3) is 0 Å². The molecule has 1 saturated heterocycles. The van der Waals surface area contributed by atoms with Crippen LogP contribution in [-0.2, 0) is 11.3 Å². The van der Waals surface area contributed by atoms with Crippen molar-refractivity contribution in [3.8, 4) is 0 Å². The fourth-order valence-corrected chi connectivity index (χ4v) is 1.98. The molecule has 14 heavy (non-hydrogen) atoms. The van der Waals surface area contributed by atoms with Crippen LogP contribution in [0, 0.1) is 0 Å². The van der Waals surface area contributed by atoms with Gasteiger partial charge in [-0.05, 0) is 12.5 Å². The van der Waals surface area contributed by atoms with Crippen LogP contribution in [0.4, 0.5) is 0 Å². The Morgan fingerprint density at radius 3 is 2.50 bits per heavy atom. The Morgan fingerprint density at radius 1 is 1.29 bits per heavy atom. The molecule has 0 spiro atoms. The van der Waals surface area contributed by atoms with Crippen LogP contribution in [0.2, 0.25) is 0 Å². The molecule has 76 valence electrons. The Bertz CT molecular complexity index is 290. The highest BCUT2D eigenvalue weighted by molar-refractivity contribution is 5.15. The van der Waals surface area contributed by atoms with Crippen LogP contribution in [0.1, 0.15) is 12.5 Å². The van der Waals surface area contributed by atoms with Gasteiger partial charge in [0.2, 0.25) is 0 Å².